The fraction of sp³-hybridized carbons (Fsp3) is 0.167. The van der Waals surface area contributed by atoms with Gasteiger partial charge in [0.1, 0.15) is 11.3 Å². The molecule has 0 aliphatic heterocycles. The highest BCUT2D eigenvalue weighted by Crippen LogP contribution is 2.30. The van der Waals surface area contributed by atoms with Crippen LogP contribution in [0.1, 0.15) is 16.7 Å². The van der Waals surface area contributed by atoms with E-state index in [9.17, 15) is 9.90 Å². The third-order valence-electron chi connectivity index (χ3n) is 3.53. The van der Waals surface area contributed by atoms with E-state index in [4.69, 9.17) is 4.42 Å². The average Bonchev–Trinajstić information content (AvgIpc) is 2.45. The minimum atomic E-state index is -0.394. The molecule has 4 heteroatoms. The molecule has 112 valence electrons. The normalized spacial score (nSPS) is 11.0. The highest BCUT2D eigenvalue weighted by atomic mass is 32.2. The standard InChI is InChI=1S/C18H16O3S/c1-11-3-6-17(12(2)7-11)22-10-13-8-18(20)21-16-9-14(19)4-5-15(13)16/h3-9,19H,10H2,1-2H3. The number of thioether (sulfide) groups is 1. The van der Waals surface area contributed by atoms with Crippen LogP contribution in [0.5, 0.6) is 5.75 Å². The maximum atomic E-state index is 11.7. The van der Waals surface area contributed by atoms with Crippen molar-refractivity contribution in [3.63, 3.8) is 0 Å². The molecule has 0 fully saturated rings. The van der Waals surface area contributed by atoms with E-state index >= 15 is 0 Å². The van der Waals surface area contributed by atoms with E-state index in [1.165, 1.54) is 28.2 Å². The molecule has 0 bridgehead atoms. The van der Waals surface area contributed by atoms with Crippen molar-refractivity contribution in [2.75, 3.05) is 0 Å². The molecule has 0 aliphatic carbocycles. The van der Waals surface area contributed by atoms with Crippen LogP contribution in [0, 0.1) is 13.8 Å². The molecule has 1 aromatic heterocycles. The Balaban J connectivity index is 1.95. The Bertz CT molecular complexity index is 896. The summed E-state index contributed by atoms with van der Waals surface area (Å²) in [6, 6.07) is 12.7. The minimum absolute atomic E-state index is 0.0924. The van der Waals surface area contributed by atoms with Crippen LogP contribution in [-0.4, -0.2) is 5.11 Å². The molecule has 0 saturated heterocycles. The van der Waals surface area contributed by atoms with Gasteiger partial charge in [0, 0.05) is 28.2 Å². The zero-order valence-electron chi connectivity index (χ0n) is 12.4. The number of hydrogen-bond acceptors (Lipinski definition) is 4. The van der Waals surface area contributed by atoms with Crippen molar-refractivity contribution < 1.29 is 9.52 Å². The molecular weight excluding hydrogens is 296 g/mol. The summed E-state index contributed by atoms with van der Waals surface area (Å²) in [6.45, 7) is 4.16. The van der Waals surface area contributed by atoms with Crippen LogP contribution in [0.25, 0.3) is 11.0 Å². The smallest absolute Gasteiger partial charge is 0.336 e. The van der Waals surface area contributed by atoms with Gasteiger partial charge >= 0.3 is 5.63 Å². The van der Waals surface area contributed by atoms with E-state index < -0.39 is 5.63 Å². The summed E-state index contributed by atoms with van der Waals surface area (Å²) in [7, 11) is 0. The van der Waals surface area contributed by atoms with E-state index in [1.807, 2.05) is 0 Å². The maximum Gasteiger partial charge on any atom is 0.336 e. The van der Waals surface area contributed by atoms with Crippen molar-refractivity contribution in [1.82, 2.24) is 0 Å². The first-order chi connectivity index (χ1) is 10.5. The third-order valence-corrected chi connectivity index (χ3v) is 4.75. The summed E-state index contributed by atoms with van der Waals surface area (Å²) in [5.74, 6) is 0.770. The Morgan fingerprint density at radius 3 is 2.68 bits per heavy atom. The molecule has 3 aromatic rings. The summed E-state index contributed by atoms with van der Waals surface area (Å²) in [5, 5.41) is 10.4. The molecule has 0 amide bonds. The molecule has 2 aromatic carbocycles. The number of phenols is 1. The van der Waals surface area contributed by atoms with Gasteiger partial charge in [0.15, 0.2) is 0 Å². The van der Waals surface area contributed by atoms with Gasteiger partial charge in [-0.3, -0.25) is 0 Å². The first-order valence-electron chi connectivity index (χ1n) is 6.99. The van der Waals surface area contributed by atoms with Crippen LogP contribution in [-0.2, 0) is 5.75 Å². The molecule has 3 nitrogen and oxygen atoms in total. The summed E-state index contributed by atoms with van der Waals surface area (Å²) < 4.78 is 5.15. The summed E-state index contributed by atoms with van der Waals surface area (Å²) in [5.41, 5.74) is 3.41. The van der Waals surface area contributed by atoms with Gasteiger partial charge in [-0.1, -0.05) is 17.7 Å². The number of fused-ring (bicyclic) bond motifs is 1. The summed E-state index contributed by atoms with van der Waals surface area (Å²) >= 11 is 1.69. The average molecular weight is 312 g/mol. The van der Waals surface area contributed by atoms with Crippen LogP contribution in [0.15, 0.2) is 56.6 Å². The monoisotopic (exact) mass is 312 g/mol. The number of rotatable bonds is 3. The molecule has 1 N–H and O–H groups in total. The van der Waals surface area contributed by atoms with Crippen LogP contribution in [0.3, 0.4) is 0 Å². The van der Waals surface area contributed by atoms with E-state index in [0.29, 0.717) is 11.3 Å². The zero-order valence-corrected chi connectivity index (χ0v) is 13.2. The first-order valence-corrected chi connectivity index (χ1v) is 7.97. The SMILES string of the molecule is Cc1ccc(SCc2cc(=O)oc3cc(O)ccc23)c(C)c1. The number of aromatic hydroxyl groups is 1. The van der Waals surface area contributed by atoms with E-state index in [2.05, 4.69) is 32.0 Å². The molecule has 0 atom stereocenters. The van der Waals surface area contributed by atoms with Gasteiger partial charge in [0.2, 0.25) is 0 Å². The Morgan fingerprint density at radius 2 is 1.91 bits per heavy atom. The third kappa shape index (κ3) is 3.02. The molecule has 0 saturated carbocycles. The van der Waals surface area contributed by atoms with Gasteiger partial charge in [0.05, 0.1) is 0 Å². The first kappa shape index (κ1) is 14.7. The topological polar surface area (TPSA) is 50.4 Å². The van der Waals surface area contributed by atoms with Gasteiger partial charge in [-0.05, 0) is 43.2 Å². The highest BCUT2D eigenvalue weighted by Gasteiger charge is 2.08. The molecule has 22 heavy (non-hydrogen) atoms. The second-order valence-electron chi connectivity index (χ2n) is 5.33. The van der Waals surface area contributed by atoms with Gasteiger partial charge in [-0.2, -0.15) is 0 Å². The molecule has 0 spiro atoms. The van der Waals surface area contributed by atoms with Gasteiger partial charge in [0.25, 0.3) is 0 Å². The maximum absolute atomic E-state index is 11.7. The van der Waals surface area contributed by atoms with Crippen LogP contribution >= 0.6 is 11.8 Å². The van der Waals surface area contributed by atoms with Crippen molar-refractivity contribution >= 4 is 22.7 Å². The number of hydrogen-bond donors (Lipinski definition) is 1. The molecule has 0 unspecified atom stereocenters. The van der Waals surface area contributed by atoms with Crippen LogP contribution in [0.4, 0.5) is 0 Å². The number of aryl methyl sites for hydroxylation is 2. The van der Waals surface area contributed by atoms with E-state index in [-0.39, 0.29) is 5.75 Å². The largest absolute Gasteiger partial charge is 0.508 e. The van der Waals surface area contributed by atoms with Crippen molar-refractivity contribution in [2.24, 2.45) is 0 Å². The lowest BCUT2D eigenvalue weighted by atomic mass is 10.1. The van der Waals surface area contributed by atoms with E-state index in [1.54, 1.807) is 23.9 Å². The quantitative estimate of drug-likeness (QED) is 0.575. The molecule has 1 heterocycles. The highest BCUT2D eigenvalue weighted by molar-refractivity contribution is 7.98. The fourth-order valence-electron chi connectivity index (χ4n) is 2.45. The van der Waals surface area contributed by atoms with Crippen molar-refractivity contribution in [3.8, 4) is 5.75 Å². The molecular formula is C18H16O3S. The molecule has 3 rings (SSSR count). The predicted octanol–water partition coefficient (Wildman–Crippen LogP) is 4.41. The number of benzene rings is 2. The second kappa shape index (κ2) is 5.89. The Morgan fingerprint density at radius 1 is 1.09 bits per heavy atom. The lowest BCUT2D eigenvalue weighted by molar-refractivity contribution is 0.473. The Hall–Kier alpha value is -2.20. The van der Waals surface area contributed by atoms with Crippen LogP contribution < -0.4 is 5.63 Å². The predicted molar refractivity (Wildman–Crippen MR) is 89.6 cm³/mol. The van der Waals surface area contributed by atoms with Crippen molar-refractivity contribution in [2.45, 2.75) is 24.5 Å². The van der Waals surface area contributed by atoms with Gasteiger partial charge < -0.3 is 9.52 Å². The van der Waals surface area contributed by atoms with Crippen molar-refractivity contribution in [3.05, 3.63) is 69.6 Å². The molecule has 0 aliphatic rings. The van der Waals surface area contributed by atoms with Crippen LogP contribution in [0.2, 0.25) is 0 Å². The Labute approximate surface area is 132 Å². The van der Waals surface area contributed by atoms with Gasteiger partial charge in [-0.25, -0.2) is 4.79 Å². The fourth-order valence-corrected chi connectivity index (χ4v) is 3.46. The lowest BCUT2D eigenvalue weighted by Crippen LogP contribution is -1.99. The zero-order chi connectivity index (χ0) is 15.7. The lowest BCUT2D eigenvalue weighted by Gasteiger charge is -2.08. The van der Waals surface area contributed by atoms with E-state index in [0.717, 1.165) is 10.9 Å². The number of phenolic OH excluding ortho intramolecular Hbond substituents is 1. The van der Waals surface area contributed by atoms with Gasteiger partial charge in [-0.15, -0.1) is 11.8 Å². The summed E-state index contributed by atoms with van der Waals surface area (Å²) in [4.78, 5) is 12.9. The minimum Gasteiger partial charge on any atom is -0.508 e. The summed E-state index contributed by atoms with van der Waals surface area (Å²) in [6.07, 6.45) is 0. The van der Waals surface area contributed by atoms with Crippen molar-refractivity contribution in [1.29, 1.82) is 0 Å². The molecule has 0 radical (unpaired) electrons. The Kier molecular flexibility index (Phi) is 3.94. The second-order valence-corrected chi connectivity index (χ2v) is 6.35.